The minimum Gasteiger partial charge on any atom is -0.479 e. The van der Waals surface area contributed by atoms with Crippen LogP contribution in [-0.4, -0.2) is 24.0 Å². The van der Waals surface area contributed by atoms with Crippen LogP contribution in [0.5, 0.6) is 5.75 Å². The Morgan fingerprint density at radius 3 is 2.59 bits per heavy atom. The lowest BCUT2D eigenvalue weighted by molar-refractivity contribution is -0.132. The van der Waals surface area contributed by atoms with Crippen molar-refractivity contribution in [3.63, 3.8) is 0 Å². The zero-order chi connectivity index (χ0) is 19.3. The molecule has 0 unspecified atom stereocenters. The lowest BCUT2D eigenvalue weighted by atomic mass is 9.88. The molecule has 0 saturated carbocycles. The van der Waals surface area contributed by atoms with Crippen LogP contribution >= 0.6 is 0 Å². The topological polar surface area (TPSA) is 82.8 Å². The van der Waals surface area contributed by atoms with E-state index in [4.69, 9.17) is 13.9 Å². The molecular weight excluding hydrogens is 348 g/mol. The highest BCUT2D eigenvalue weighted by Gasteiger charge is 2.38. The van der Waals surface area contributed by atoms with Crippen molar-refractivity contribution in [3.8, 4) is 5.75 Å². The van der Waals surface area contributed by atoms with Gasteiger partial charge < -0.3 is 13.9 Å². The molecule has 1 aliphatic rings. The molecule has 4 rings (SSSR count). The molecular formula is C21H18O6. The molecule has 0 atom stereocenters. The second-order valence-electron chi connectivity index (χ2n) is 6.97. The summed E-state index contributed by atoms with van der Waals surface area (Å²) < 4.78 is 16.6. The molecule has 2 aromatic carbocycles. The zero-order valence-corrected chi connectivity index (χ0v) is 15.3. The Morgan fingerprint density at radius 2 is 1.89 bits per heavy atom. The monoisotopic (exact) mass is 366 g/mol. The van der Waals surface area contributed by atoms with E-state index in [9.17, 15) is 14.4 Å². The molecule has 0 radical (unpaired) electrons. The number of hydrogen-bond donors (Lipinski definition) is 0. The van der Waals surface area contributed by atoms with Gasteiger partial charge in [0.1, 0.15) is 11.3 Å². The number of hydrogen-bond acceptors (Lipinski definition) is 6. The lowest BCUT2D eigenvalue weighted by Gasteiger charge is -2.32. The molecule has 138 valence electrons. The summed E-state index contributed by atoms with van der Waals surface area (Å²) in [4.78, 5) is 37.2. The molecule has 1 aromatic heterocycles. The van der Waals surface area contributed by atoms with Gasteiger partial charge in [0, 0.05) is 28.8 Å². The number of ketones is 1. The molecule has 0 bridgehead atoms. The maximum atomic E-state index is 12.5. The first-order valence-corrected chi connectivity index (χ1v) is 8.74. The Balaban J connectivity index is 2.19. The zero-order valence-electron chi connectivity index (χ0n) is 15.3. The summed E-state index contributed by atoms with van der Waals surface area (Å²) in [7, 11) is 0. The number of Topliss-reactive ketones (excluding diaryl/α,β-unsaturated/α-hetero) is 1. The van der Waals surface area contributed by atoms with Crippen molar-refractivity contribution >= 4 is 33.5 Å². The van der Waals surface area contributed by atoms with Gasteiger partial charge in [-0.3, -0.25) is 4.79 Å². The lowest BCUT2D eigenvalue weighted by Crippen LogP contribution is -2.42. The van der Waals surface area contributed by atoms with Gasteiger partial charge in [0.25, 0.3) is 0 Å². The number of carbonyl (C=O) groups excluding carboxylic acids is 2. The summed E-state index contributed by atoms with van der Waals surface area (Å²) in [6, 6.07) is 8.50. The minimum atomic E-state index is -0.984. The third kappa shape index (κ3) is 2.60. The van der Waals surface area contributed by atoms with Crippen LogP contribution in [0.3, 0.4) is 0 Å². The van der Waals surface area contributed by atoms with E-state index in [2.05, 4.69) is 0 Å². The average Bonchev–Trinajstić information content (AvgIpc) is 2.62. The SMILES string of the molecule is CCOC(=O)c1cc(=O)oc2c3c(c4ccccc4c12)OC(C)(C)C(=O)C3. The van der Waals surface area contributed by atoms with E-state index in [0.29, 0.717) is 22.1 Å². The molecule has 27 heavy (non-hydrogen) atoms. The summed E-state index contributed by atoms with van der Waals surface area (Å²) in [5.74, 6) is -0.230. The van der Waals surface area contributed by atoms with Gasteiger partial charge in [-0.1, -0.05) is 24.3 Å². The molecule has 6 nitrogen and oxygen atoms in total. The van der Waals surface area contributed by atoms with Gasteiger partial charge >= 0.3 is 11.6 Å². The molecule has 0 aliphatic carbocycles. The van der Waals surface area contributed by atoms with Gasteiger partial charge in [0.15, 0.2) is 11.4 Å². The summed E-state index contributed by atoms with van der Waals surface area (Å²) in [6.45, 7) is 5.30. The Hall–Kier alpha value is -3.15. The van der Waals surface area contributed by atoms with Crippen LogP contribution in [0.1, 0.15) is 36.7 Å². The van der Waals surface area contributed by atoms with Gasteiger partial charge in [-0.05, 0) is 26.2 Å². The summed E-state index contributed by atoms with van der Waals surface area (Å²) in [5, 5.41) is 1.90. The number of carbonyl (C=O) groups is 2. The molecule has 1 aliphatic heterocycles. The first-order chi connectivity index (χ1) is 12.8. The van der Waals surface area contributed by atoms with Gasteiger partial charge in [0.05, 0.1) is 12.2 Å². The van der Waals surface area contributed by atoms with E-state index in [1.54, 1.807) is 20.8 Å². The Labute approximate surface area is 154 Å². The van der Waals surface area contributed by atoms with Gasteiger partial charge in [-0.25, -0.2) is 9.59 Å². The first kappa shape index (κ1) is 17.3. The highest BCUT2D eigenvalue weighted by Crippen LogP contribution is 2.43. The average molecular weight is 366 g/mol. The van der Waals surface area contributed by atoms with Crippen LogP contribution in [0.15, 0.2) is 39.5 Å². The van der Waals surface area contributed by atoms with Gasteiger partial charge in [-0.2, -0.15) is 0 Å². The fourth-order valence-electron chi connectivity index (χ4n) is 3.47. The van der Waals surface area contributed by atoms with Crippen LogP contribution in [0.25, 0.3) is 21.7 Å². The molecule has 0 spiro atoms. The molecule has 0 fully saturated rings. The van der Waals surface area contributed by atoms with Gasteiger partial charge in [0.2, 0.25) is 0 Å². The highest BCUT2D eigenvalue weighted by atomic mass is 16.5. The molecule has 6 heteroatoms. The molecule has 2 heterocycles. The largest absolute Gasteiger partial charge is 0.479 e. The molecule has 0 N–H and O–H groups in total. The Bertz CT molecular complexity index is 1170. The van der Waals surface area contributed by atoms with E-state index >= 15 is 0 Å². The predicted molar refractivity (Wildman–Crippen MR) is 99.4 cm³/mol. The number of esters is 1. The van der Waals surface area contributed by atoms with Crippen LogP contribution in [0, 0.1) is 0 Å². The van der Waals surface area contributed by atoms with Crippen LogP contribution in [-0.2, 0) is 16.0 Å². The molecule has 0 amide bonds. The standard InChI is InChI=1S/C21H18O6/c1-4-25-20(24)13-10-16(23)26-19-14-9-15(22)21(2,3)27-18(14)12-8-6-5-7-11(12)17(13)19/h5-8,10H,4,9H2,1-3H3. The van der Waals surface area contributed by atoms with E-state index in [1.165, 1.54) is 0 Å². The summed E-state index contributed by atoms with van der Waals surface area (Å²) in [5.41, 5.74) is -0.859. The molecule has 0 saturated heterocycles. The minimum absolute atomic E-state index is 0.0545. The second-order valence-corrected chi connectivity index (χ2v) is 6.97. The van der Waals surface area contributed by atoms with Crippen LogP contribution in [0.2, 0.25) is 0 Å². The predicted octanol–water partition coefficient (Wildman–Crippen LogP) is 3.41. The van der Waals surface area contributed by atoms with Crippen LogP contribution in [0.4, 0.5) is 0 Å². The maximum absolute atomic E-state index is 12.5. The van der Waals surface area contributed by atoms with E-state index in [1.807, 2.05) is 24.3 Å². The quantitative estimate of drug-likeness (QED) is 0.393. The molecule has 3 aromatic rings. The van der Waals surface area contributed by atoms with Crippen molar-refractivity contribution in [2.45, 2.75) is 32.8 Å². The normalized spacial score (nSPS) is 15.4. The number of ether oxygens (including phenoxy) is 2. The van der Waals surface area contributed by atoms with E-state index in [-0.39, 0.29) is 30.0 Å². The van der Waals surface area contributed by atoms with Crippen molar-refractivity contribution in [1.29, 1.82) is 0 Å². The van der Waals surface area contributed by atoms with Gasteiger partial charge in [-0.15, -0.1) is 0 Å². The number of rotatable bonds is 2. The maximum Gasteiger partial charge on any atom is 0.339 e. The van der Waals surface area contributed by atoms with E-state index < -0.39 is 17.2 Å². The first-order valence-electron chi connectivity index (χ1n) is 8.74. The highest BCUT2D eigenvalue weighted by molar-refractivity contribution is 6.18. The van der Waals surface area contributed by atoms with Crippen molar-refractivity contribution in [1.82, 2.24) is 0 Å². The number of benzene rings is 2. The number of fused-ring (bicyclic) bond motifs is 6. The fraction of sp³-hybridized carbons (Fsp3) is 0.286. The van der Waals surface area contributed by atoms with Crippen molar-refractivity contribution in [3.05, 3.63) is 51.9 Å². The van der Waals surface area contributed by atoms with Crippen molar-refractivity contribution < 1.29 is 23.5 Å². The van der Waals surface area contributed by atoms with Crippen molar-refractivity contribution in [2.75, 3.05) is 6.61 Å². The van der Waals surface area contributed by atoms with Crippen LogP contribution < -0.4 is 10.4 Å². The van der Waals surface area contributed by atoms with E-state index in [0.717, 1.165) is 11.5 Å². The smallest absolute Gasteiger partial charge is 0.339 e. The third-order valence-electron chi connectivity index (χ3n) is 4.81. The second kappa shape index (κ2) is 5.94. The summed E-state index contributed by atoms with van der Waals surface area (Å²) >= 11 is 0. The summed E-state index contributed by atoms with van der Waals surface area (Å²) in [6.07, 6.45) is 0.0545. The Kier molecular flexibility index (Phi) is 3.80. The Morgan fingerprint density at radius 1 is 1.19 bits per heavy atom. The third-order valence-corrected chi connectivity index (χ3v) is 4.81. The fourth-order valence-corrected chi connectivity index (χ4v) is 3.47. The van der Waals surface area contributed by atoms with Crippen molar-refractivity contribution in [2.24, 2.45) is 0 Å².